The first-order valence-electron chi connectivity index (χ1n) is 26.6. The van der Waals surface area contributed by atoms with Crippen LogP contribution in [0.2, 0.25) is 0 Å². The van der Waals surface area contributed by atoms with Crippen LogP contribution >= 0.6 is 0 Å². The van der Waals surface area contributed by atoms with Crippen LogP contribution in [0.1, 0.15) is 44.5 Å². The lowest BCUT2D eigenvalue weighted by molar-refractivity contribution is 0.436. The molecule has 0 unspecified atom stereocenters. The number of benzene rings is 12. The maximum atomic E-state index is 6.72. The molecule has 12 aromatic rings. The molecule has 0 saturated heterocycles. The van der Waals surface area contributed by atoms with Crippen molar-refractivity contribution in [3.8, 4) is 78.6 Å². The zero-order chi connectivity index (χ0) is 50.7. The van der Waals surface area contributed by atoms with E-state index in [9.17, 15) is 0 Å². The van der Waals surface area contributed by atoms with Crippen LogP contribution in [-0.2, 0) is 10.8 Å². The van der Waals surface area contributed by atoms with Crippen molar-refractivity contribution in [3.63, 3.8) is 0 Å². The van der Waals surface area contributed by atoms with Gasteiger partial charge in [0.25, 0.3) is 0 Å². The Hall–Kier alpha value is -9.96. The number of nitrogens with zero attached hydrogens (tertiary/aromatic N) is 1. The lowest BCUT2D eigenvalue weighted by atomic mass is 9.66. The van der Waals surface area contributed by atoms with E-state index in [2.05, 4.69) is 290 Å². The Balaban J connectivity index is 0.846. The predicted molar refractivity (Wildman–Crippen MR) is 312 cm³/mol. The molecule has 2 heterocycles. The minimum atomic E-state index is -0.601. The van der Waals surface area contributed by atoms with Crippen LogP contribution in [0, 0.1) is 0 Å². The molecule has 4 aliphatic rings. The van der Waals surface area contributed by atoms with Gasteiger partial charge in [-0.15, -0.1) is 0 Å². The fourth-order valence-electron chi connectivity index (χ4n) is 13.6. The molecule has 0 bridgehead atoms. The Morgan fingerprint density at radius 3 is 1.08 bits per heavy atom. The third-order valence-corrected chi connectivity index (χ3v) is 16.8. The quantitative estimate of drug-likeness (QED) is 0.166. The van der Waals surface area contributed by atoms with E-state index in [0.717, 1.165) is 62.3 Å². The van der Waals surface area contributed by atoms with E-state index in [-0.39, 0.29) is 0 Å². The monoisotopic (exact) mass is 981 g/mol. The van der Waals surface area contributed by atoms with Crippen molar-refractivity contribution in [2.45, 2.75) is 10.8 Å². The molecule has 0 aromatic heterocycles. The Bertz CT molecular complexity index is 4250. The number of fused-ring (bicyclic) bond motifs is 18. The van der Waals surface area contributed by atoms with Crippen LogP contribution < -0.4 is 14.4 Å². The molecule has 2 aliphatic heterocycles. The maximum absolute atomic E-state index is 6.72. The van der Waals surface area contributed by atoms with Crippen LogP contribution in [-0.4, -0.2) is 0 Å². The van der Waals surface area contributed by atoms with Crippen LogP contribution in [0.15, 0.2) is 285 Å². The Labute approximate surface area is 448 Å². The van der Waals surface area contributed by atoms with Gasteiger partial charge in [-0.25, -0.2) is 0 Å². The average Bonchev–Trinajstić information content (AvgIpc) is 3.98. The second kappa shape index (κ2) is 16.8. The van der Waals surface area contributed by atoms with Crippen LogP contribution in [0.5, 0.6) is 23.0 Å². The van der Waals surface area contributed by atoms with Crippen LogP contribution in [0.25, 0.3) is 55.6 Å². The van der Waals surface area contributed by atoms with Crippen molar-refractivity contribution >= 4 is 17.1 Å². The molecule has 3 nitrogen and oxygen atoms in total. The summed E-state index contributed by atoms with van der Waals surface area (Å²) in [5.74, 6) is 3.56. The molecule has 0 radical (unpaired) electrons. The normalized spacial score (nSPS) is 13.9. The number of anilines is 3. The molecule has 360 valence electrons. The lowest BCUT2D eigenvalue weighted by Crippen LogP contribution is -2.32. The molecule has 0 amide bonds. The molecule has 0 N–H and O–H groups in total. The molecule has 12 aromatic carbocycles. The first-order chi connectivity index (χ1) is 38.2. The van der Waals surface area contributed by atoms with Gasteiger partial charge in [0.05, 0.1) is 10.8 Å². The molecule has 3 heteroatoms. The van der Waals surface area contributed by atoms with Gasteiger partial charge >= 0.3 is 0 Å². The highest BCUT2D eigenvalue weighted by Crippen LogP contribution is 2.64. The molecular formula is C74H47NO2. The maximum Gasteiger partial charge on any atom is 0.132 e. The molecule has 2 aliphatic carbocycles. The van der Waals surface area contributed by atoms with Crippen molar-refractivity contribution in [1.82, 2.24) is 0 Å². The summed E-state index contributed by atoms with van der Waals surface area (Å²) >= 11 is 0. The number of para-hydroxylation sites is 4. The summed E-state index contributed by atoms with van der Waals surface area (Å²) in [6, 6.07) is 104. The van der Waals surface area contributed by atoms with Crippen LogP contribution in [0.4, 0.5) is 17.1 Å². The first-order valence-corrected chi connectivity index (χ1v) is 26.6. The van der Waals surface area contributed by atoms with Gasteiger partial charge < -0.3 is 14.4 Å². The highest BCUT2D eigenvalue weighted by molar-refractivity contribution is 5.93. The third kappa shape index (κ3) is 6.26. The lowest BCUT2D eigenvalue weighted by Gasteiger charge is -2.39. The highest BCUT2D eigenvalue weighted by atomic mass is 16.5. The topological polar surface area (TPSA) is 21.7 Å². The number of ether oxygens (including phenoxy) is 2. The number of hydrogen-bond acceptors (Lipinski definition) is 3. The smallest absolute Gasteiger partial charge is 0.132 e. The molecule has 2 spiro atoms. The summed E-state index contributed by atoms with van der Waals surface area (Å²) < 4.78 is 13.3. The Morgan fingerprint density at radius 2 is 0.558 bits per heavy atom. The van der Waals surface area contributed by atoms with Gasteiger partial charge in [0.15, 0.2) is 0 Å². The SMILES string of the molecule is c1ccc(-c2cccc(-c3ccc(N(c4ccc(-c5ccc6c(c5)-c5ccccc5C65c6ccccc6Oc6ccccc65)cc4)c4ccc5c(c4)C4(c6ccccc6Oc6ccccc64)c4ccccc4-5)cc3)c2)cc1. The first kappa shape index (κ1) is 43.4. The predicted octanol–water partition coefficient (Wildman–Crippen LogP) is 19.1. The highest BCUT2D eigenvalue weighted by Gasteiger charge is 2.52. The minimum absolute atomic E-state index is 0.509. The average molecular weight is 982 g/mol. The van der Waals surface area contributed by atoms with Gasteiger partial charge in [0.2, 0.25) is 0 Å². The van der Waals surface area contributed by atoms with E-state index in [4.69, 9.17) is 9.47 Å². The van der Waals surface area contributed by atoms with Crippen molar-refractivity contribution in [3.05, 3.63) is 330 Å². The van der Waals surface area contributed by atoms with E-state index in [0.29, 0.717) is 0 Å². The molecule has 77 heavy (non-hydrogen) atoms. The standard InChI is InChI=1S/C74H47NO2/c1-2-17-48(18-3-1)51-19-16-20-52(45-51)49-33-38-54(39-34-49)75(56-42-43-59-57-21-4-6-23-61(57)74(68(59)47-56)66-27-10-14-31-71(66)77-72-32-15-11-28-67(72)74)55-40-35-50(36-41-55)53-37-44-63-60(46-53)58-22-5-7-24-62(58)73(63)64-25-8-12-29-69(64)76-70-30-13-9-26-65(70)73/h1-47H. The van der Waals surface area contributed by atoms with Crippen molar-refractivity contribution in [1.29, 1.82) is 0 Å². The summed E-state index contributed by atoms with van der Waals surface area (Å²) in [6.45, 7) is 0. The van der Waals surface area contributed by atoms with E-state index in [1.807, 2.05) is 0 Å². The molecular weight excluding hydrogens is 935 g/mol. The zero-order valence-electron chi connectivity index (χ0n) is 41.9. The second-order valence-corrected chi connectivity index (χ2v) is 20.6. The van der Waals surface area contributed by atoms with Gasteiger partial charge in [-0.05, 0) is 151 Å². The zero-order valence-corrected chi connectivity index (χ0v) is 41.9. The fraction of sp³-hybridized carbons (Fsp3) is 0.0270. The third-order valence-electron chi connectivity index (χ3n) is 16.8. The largest absolute Gasteiger partial charge is 0.457 e. The summed E-state index contributed by atoms with van der Waals surface area (Å²) in [5, 5.41) is 0. The summed E-state index contributed by atoms with van der Waals surface area (Å²) in [5.41, 5.74) is 23.8. The van der Waals surface area contributed by atoms with E-state index >= 15 is 0 Å². The summed E-state index contributed by atoms with van der Waals surface area (Å²) in [6.07, 6.45) is 0. The van der Waals surface area contributed by atoms with Gasteiger partial charge in [-0.2, -0.15) is 0 Å². The molecule has 0 atom stereocenters. The molecule has 16 rings (SSSR count). The van der Waals surface area contributed by atoms with Crippen molar-refractivity contribution < 1.29 is 9.47 Å². The van der Waals surface area contributed by atoms with E-state index in [1.165, 1.54) is 77.9 Å². The van der Waals surface area contributed by atoms with E-state index < -0.39 is 10.8 Å². The number of rotatable bonds is 6. The van der Waals surface area contributed by atoms with Gasteiger partial charge in [0.1, 0.15) is 23.0 Å². The second-order valence-electron chi connectivity index (χ2n) is 20.6. The Kier molecular flexibility index (Phi) is 9.47. The van der Waals surface area contributed by atoms with Gasteiger partial charge in [-0.1, -0.05) is 212 Å². The molecule has 0 fully saturated rings. The fourth-order valence-corrected chi connectivity index (χ4v) is 13.6. The Morgan fingerprint density at radius 1 is 0.208 bits per heavy atom. The van der Waals surface area contributed by atoms with E-state index in [1.54, 1.807) is 0 Å². The van der Waals surface area contributed by atoms with Crippen LogP contribution in [0.3, 0.4) is 0 Å². The van der Waals surface area contributed by atoms with Gasteiger partial charge in [0, 0.05) is 39.3 Å². The van der Waals surface area contributed by atoms with Crippen molar-refractivity contribution in [2.24, 2.45) is 0 Å². The van der Waals surface area contributed by atoms with Crippen molar-refractivity contribution in [2.75, 3.05) is 4.90 Å². The van der Waals surface area contributed by atoms with Gasteiger partial charge in [-0.3, -0.25) is 0 Å². The summed E-state index contributed by atoms with van der Waals surface area (Å²) in [4.78, 5) is 2.42. The molecule has 0 saturated carbocycles. The minimum Gasteiger partial charge on any atom is -0.457 e. The summed E-state index contributed by atoms with van der Waals surface area (Å²) in [7, 11) is 0. The number of hydrogen-bond donors (Lipinski definition) is 0.